The Hall–Kier alpha value is -11.1. The summed E-state index contributed by atoms with van der Waals surface area (Å²) in [5.74, 6) is 0.602. The van der Waals surface area contributed by atoms with Gasteiger partial charge >= 0.3 is 23.9 Å². The highest BCUT2D eigenvalue weighted by molar-refractivity contribution is 5.88. The van der Waals surface area contributed by atoms with Crippen LogP contribution < -0.4 is 0 Å². The average Bonchev–Trinajstić information content (AvgIpc) is 1.32. The van der Waals surface area contributed by atoms with Crippen LogP contribution in [-0.2, 0) is 82.8 Å². The summed E-state index contributed by atoms with van der Waals surface area (Å²) in [6.07, 6.45) is 28.4. The van der Waals surface area contributed by atoms with E-state index in [0.717, 1.165) is 134 Å². The normalized spacial score (nSPS) is 28.2. The van der Waals surface area contributed by atoms with Crippen LogP contribution in [0.3, 0.4) is 0 Å². The minimum Gasteiger partial charge on any atom is -0.469 e. The molecule has 28 heteroatoms. The number of carbonyl (C=O) groups is 4. The molecule has 686 valence electrons. The number of aromatic amines is 4. The molecule has 0 spiro atoms. The van der Waals surface area contributed by atoms with Crippen molar-refractivity contribution in [2.24, 2.45) is 71.0 Å². The largest absolute Gasteiger partial charge is 0.469 e. The number of H-pyrrole nitrogens is 4. The van der Waals surface area contributed by atoms with Gasteiger partial charge in [0.25, 0.3) is 0 Å². The van der Waals surface area contributed by atoms with Gasteiger partial charge in [-0.25, -0.2) is 0 Å². The number of nitrogens with zero attached hydrogens (tertiary/aromatic N) is 8. The van der Waals surface area contributed by atoms with Crippen molar-refractivity contribution in [3.05, 3.63) is 142 Å². The number of terminal acetylenes is 2. The molecule has 0 unspecified atom stereocenters. The number of nitriles is 4. The second-order valence-electron chi connectivity index (χ2n) is 36.2. The quantitative estimate of drug-likeness (QED) is 0.0165. The number of para-hydroxylation sites is 4. The number of aliphatic hydroxyl groups is 4. The Balaban J connectivity index is 0.000000147. The second-order valence-corrected chi connectivity index (χ2v) is 36.2. The predicted molar refractivity (Wildman–Crippen MR) is 484 cm³/mol. The molecule has 4 fully saturated rings. The molecule has 4 aromatic heterocycles. The number of aliphatic hydroxyl groups excluding tert-OH is 4. The summed E-state index contributed by atoms with van der Waals surface area (Å²) >= 11 is 0. The summed E-state index contributed by atoms with van der Waals surface area (Å²) < 4.78 is 45.5. The Morgan fingerprint density at radius 3 is 0.907 bits per heavy atom. The molecule has 129 heavy (non-hydrogen) atoms. The van der Waals surface area contributed by atoms with Crippen molar-refractivity contribution in [3.63, 3.8) is 0 Å². The molecule has 8 heterocycles. The van der Waals surface area contributed by atoms with Crippen LogP contribution in [0.1, 0.15) is 180 Å². The Labute approximate surface area is 756 Å². The first-order valence-corrected chi connectivity index (χ1v) is 46.0. The van der Waals surface area contributed by atoms with Crippen molar-refractivity contribution in [1.82, 2.24) is 39.5 Å². The lowest BCUT2D eigenvalue weighted by Gasteiger charge is -2.43. The number of carbonyl (C=O) groups excluding carboxylic acids is 4. The van der Waals surface area contributed by atoms with E-state index in [9.17, 15) is 60.7 Å². The molecule has 4 aliphatic carbocycles. The van der Waals surface area contributed by atoms with Crippen molar-refractivity contribution >= 4 is 67.5 Å². The highest BCUT2D eigenvalue weighted by Crippen LogP contribution is 2.50. The maximum Gasteiger partial charge on any atom is 0.311 e. The van der Waals surface area contributed by atoms with Crippen molar-refractivity contribution < 1.29 is 77.5 Å². The molecule has 20 atom stereocenters. The van der Waals surface area contributed by atoms with Gasteiger partial charge in [-0.15, -0.1) is 12.8 Å². The number of fused-ring (bicyclic) bond motifs is 16. The van der Waals surface area contributed by atoms with Gasteiger partial charge < -0.3 is 97.9 Å². The number of hydrogen-bond acceptors (Lipinski definition) is 24. The fourth-order valence-electron chi connectivity index (χ4n) is 22.5. The molecule has 8 N–H and O–H groups in total. The topological polar surface area (TPSA) is 394 Å². The number of nitrogens with one attached hydrogen (secondary N) is 4. The van der Waals surface area contributed by atoms with Crippen LogP contribution in [0.15, 0.2) is 97.1 Å². The van der Waals surface area contributed by atoms with E-state index in [1.165, 1.54) is 34.0 Å². The van der Waals surface area contributed by atoms with E-state index in [-0.39, 0.29) is 103 Å². The third-order valence-electron chi connectivity index (χ3n) is 28.7. The summed E-state index contributed by atoms with van der Waals surface area (Å²) in [7, 11) is 5.45. The number of hydrogen-bond donors (Lipinski definition) is 8. The molecule has 4 aromatic carbocycles. The fourth-order valence-corrected chi connectivity index (χ4v) is 22.5. The standard InChI is InChI=1S/C26H35N3O4.C25H33N3O4.2C25H29N3O4/c1-3-4-13-33-23-14-20-17(9-10-22(30)24(20)26(31)32-2)15-29(16-27)12-11-19-18-7-5-6-8-21(18)28-25(19)23;1-15(2)32-22-12-19-16(8-9-21(29)23(19)25(30)31-3)13-28(14-26)11-10-18-17-6-4-5-7-20(17)27-24(18)22;2*1-3-12-32-22-13-19-16(8-9-21(29)23(19)25(30)31-2)14-28(15-26)11-10-18-17-6-4-5-7-20(17)27-24(18)22/h5-8,17,20,22-24,28,30H,3-4,9-15H2,1-2H3;4-7,15-16,19,21-23,27,29H,8-13H2,1-3H3;2*1,4-7,16,19,21-23,27,29H,8-14H2,2H3/t17-,20-,22-,23+,24+;16-,19-,21-,22-,23+;16-,19-,21-,22+,23+;16-,19-,21-,22-,23+/m0000/s1. The minimum absolute atomic E-state index is 0.00125. The molecular formula is C101H126N12O16. The van der Waals surface area contributed by atoms with Crippen molar-refractivity contribution in [3.8, 4) is 49.5 Å². The number of ether oxygens (including phenoxy) is 8. The molecule has 8 aromatic rings. The second kappa shape index (κ2) is 44.9. The maximum absolute atomic E-state index is 12.8. The van der Waals surface area contributed by atoms with Gasteiger partial charge in [0.1, 0.15) is 13.2 Å². The first-order valence-electron chi connectivity index (χ1n) is 46.0. The van der Waals surface area contributed by atoms with Crippen LogP contribution in [0, 0.1) is 142 Å². The molecule has 4 aliphatic heterocycles. The highest BCUT2D eigenvalue weighted by Gasteiger charge is 2.51. The van der Waals surface area contributed by atoms with Gasteiger partial charge in [-0.1, -0.05) is 98.0 Å². The van der Waals surface area contributed by atoms with E-state index in [4.69, 9.17) is 50.7 Å². The van der Waals surface area contributed by atoms with Gasteiger partial charge in [0.2, 0.25) is 0 Å². The van der Waals surface area contributed by atoms with Gasteiger partial charge in [0, 0.05) is 125 Å². The monoisotopic (exact) mass is 1760 g/mol. The summed E-state index contributed by atoms with van der Waals surface area (Å²) in [6, 6.07) is 32.5. The molecule has 8 aliphatic rings. The van der Waals surface area contributed by atoms with E-state index in [2.05, 4.69) is 99.9 Å². The molecule has 16 rings (SSSR count). The Kier molecular flexibility index (Phi) is 33.3. The van der Waals surface area contributed by atoms with Crippen LogP contribution in [0.2, 0.25) is 0 Å². The molecular weight excluding hydrogens is 1640 g/mol. The van der Waals surface area contributed by atoms with E-state index in [1.807, 2.05) is 79.4 Å². The van der Waals surface area contributed by atoms with Gasteiger partial charge in [0.05, 0.1) is 107 Å². The molecule has 0 radical (unpaired) electrons. The zero-order valence-corrected chi connectivity index (χ0v) is 75.3. The molecule has 28 nitrogen and oxygen atoms in total. The molecule has 0 amide bonds. The number of benzene rings is 4. The van der Waals surface area contributed by atoms with Crippen LogP contribution in [-0.4, -0.2) is 215 Å². The summed E-state index contributed by atoms with van der Waals surface area (Å²) in [4.78, 5) is 72.3. The Morgan fingerprint density at radius 1 is 0.403 bits per heavy atom. The summed E-state index contributed by atoms with van der Waals surface area (Å²) in [5.41, 5.74) is 12.6. The van der Waals surface area contributed by atoms with E-state index >= 15 is 0 Å². The smallest absolute Gasteiger partial charge is 0.311 e. The molecule has 4 saturated carbocycles. The number of methoxy groups -OCH3 is 4. The first-order chi connectivity index (χ1) is 62.6. The zero-order chi connectivity index (χ0) is 91.5. The van der Waals surface area contributed by atoms with Gasteiger partial charge in [-0.05, 0) is 217 Å². The number of unbranched alkanes of at least 4 members (excludes halogenated alkanes) is 1. The van der Waals surface area contributed by atoms with Crippen molar-refractivity contribution in [1.29, 1.82) is 21.0 Å². The lowest BCUT2D eigenvalue weighted by molar-refractivity contribution is -0.159. The van der Waals surface area contributed by atoms with Gasteiger partial charge in [0.15, 0.2) is 24.8 Å². The van der Waals surface area contributed by atoms with E-state index in [0.29, 0.717) is 123 Å². The van der Waals surface area contributed by atoms with Gasteiger partial charge in [-0.3, -0.25) is 19.2 Å². The highest BCUT2D eigenvalue weighted by atomic mass is 16.5. The average molecular weight is 1760 g/mol. The minimum atomic E-state index is -0.780. The zero-order valence-electron chi connectivity index (χ0n) is 75.3. The van der Waals surface area contributed by atoms with Crippen LogP contribution >= 0.6 is 0 Å². The molecule has 0 saturated heterocycles. The molecule has 0 bridgehead atoms. The third kappa shape index (κ3) is 21.8. The van der Waals surface area contributed by atoms with Crippen LogP contribution in [0.4, 0.5) is 0 Å². The number of rotatable bonds is 14. The fraction of sp³-hybridized carbons (Fsp3) is 0.564. The van der Waals surface area contributed by atoms with E-state index < -0.39 is 60.0 Å². The lowest BCUT2D eigenvalue weighted by Crippen LogP contribution is -2.47. The number of esters is 4. The maximum atomic E-state index is 12.8. The SMILES string of the molecule is C#CCO[C@@H]1C[C@H]2[C@@H](CC[C@H](O)[C@@H]2C(=O)OC)CN(C#N)CCc2c1[nH]c1ccccc21.C#CCO[C@H]1C[C@H]2[C@@H](CC[C@H](O)[C@@H]2C(=O)OC)CN(C#N)CCc2c1[nH]c1ccccc21.CCCCO[C@@H]1C[C@H]2[C@@H](CC[C@H](O)[C@@H]2C(=O)OC)CN(C#N)CCc2c1[nH]c1ccccc21.COC(=O)[C@@H]1[C@H]2C[C@H](OC(C)C)c3[nH]c4ccccc4c3CCN(C#N)C[C@@H]2CC[C@@H]1O. The van der Waals surface area contributed by atoms with Crippen molar-refractivity contribution in [2.75, 3.05) is 101 Å². The Morgan fingerprint density at radius 2 is 0.659 bits per heavy atom. The van der Waals surface area contributed by atoms with E-state index in [1.54, 1.807) is 14.7 Å². The first kappa shape index (κ1) is 95.5. The lowest BCUT2D eigenvalue weighted by atomic mass is 9.67. The Bertz CT molecular complexity index is 5230. The van der Waals surface area contributed by atoms with Crippen molar-refractivity contribution in [2.45, 2.75) is 191 Å². The number of aromatic nitrogens is 4. The van der Waals surface area contributed by atoms with Crippen LogP contribution in [0.25, 0.3) is 43.6 Å². The summed E-state index contributed by atoms with van der Waals surface area (Å²) in [5, 5.41) is 86.8. The third-order valence-corrected chi connectivity index (χ3v) is 28.7. The predicted octanol–water partition coefficient (Wildman–Crippen LogP) is 13.0. The van der Waals surface area contributed by atoms with Gasteiger partial charge in [-0.2, -0.15) is 21.0 Å². The van der Waals surface area contributed by atoms with Crippen LogP contribution in [0.5, 0.6) is 0 Å². The summed E-state index contributed by atoms with van der Waals surface area (Å²) in [6.45, 7) is 11.7.